The maximum atomic E-state index is 11.4. The summed E-state index contributed by atoms with van der Waals surface area (Å²) in [5.74, 6) is 2.50. The molecule has 2 heterocycles. The number of thioether (sulfide) groups is 2. The van der Waals surface area contributed by atoms with E-state index in [1.165, 1.54) is 0 Å². The first kappa shape index (κ1) is 52.1. The van der Waals surface area contributed by atoms with E-state index >= 15 is 0 Å². The second kappa shape index (κ2) is 25.4. The highest BCUT2D eigenvalue weighted by atomic mass is 32.2. The molecule has 10 N–H and O–H groups in total. The number of ether oxygens (including phenoxy) is 4. The molecule has 0 aromatic heterocycles. The van der Waals surface area contributed by atoms with E-state index in [9.17, 15) is 60.7 Å². The topological polar surface area (TPSA) is 273 Å². The summed E-state index contributed by atoms with van der Waals surface area (Å²) in [5.41, 5.74) is 6.17. The van der Waals surface area contributed by atoms with Crippen LogP contribution in [0.3, 0.4) is 0 Å². The van der Waals surface area contributed by atoms with Crippen LogP contribution in [0.25, 0.3) is 22.3 Å². The van der Waals surface area contributed by atoms with Crippen molar-refractivity contribution in [3.63, 3.8) is 0 Å². The number of carboxylic acid groups (broad SMARTS) is 2. The largest absolute Gasteiger partial charge is 0.481 e. The Morgan fingerprint density at radius 1 is 0.478 bits per heavy atom. The van der Waals surface area contributed by atoms with Crippen molar-refractivity contribution in [3.8, 4) is 33.8 Å². The SMILES string of the molecule is O=C(O)Cc1cccc(-c2cc(CCCSCCCSCCCc3cc(O[C@@H]4O[C@@H](CO)[C@H](O)[C@@H](O)[C@H]4O)cc(-c4cccc(CC(=O)O)c4)c3)cc(O[C@H]3O[C@H](CO)[C@@H](O)[C@H](O)[C@@H]3O)c2)c1. The van der Waals surface area contributed by atoms with Gasteiger partial charge < -0.3 is 70.0 Å². The number of hydrogen-bond donors (Lipinski definition) is 10. The van der Waals surface area contributed by atoms with E-state index in [1.54, 1.807) is 48.5 Å². The maximum absolute atomic E-state index is 11.4. The number of hydrogen-bond acceptors (Lipinski definition) is 16. The van der Waals surface area contributed by atoms with E-state index in [0.717, 1.165) is 75.7 Å². The quantitative estimate of drug-likeness (QED) is 0.0452. The molecule has 6 rings (SSSR count). The van der Waals surface area contributed by atoms with Gasteiger partial charge in [-0.2, -0.15) is 23.5 Å². The summed E-state index contributed by atoms with van der Waals surface area (Å²) in [6, 6.07) is 25.5. The van der Waals surface area contributed by atoms with E-state index in [2.05, 4.69) is 0 Å². The Morgan fingerprint density at radius 2 is 0.866 bits per heavy atom. The fraction of sp³-hybridized carbons (Fsp3) is 0.469. The molecule has 0 saturated carbocycles. The van der Waals surface area contributed by atoms with E-state index < -0.39 is 86.6 Å². The van der Waals surface area contributed by atoms with Gasteiger partial charge in [-0.05, 0) is 124 Å². The predicted octanol–water partition coefficient (Wildman–Crippen LogP) is 3.05. The van der Waals surface area contributed by atoms with Gasteiger partial charge in [0.1, 0.15) is 60.3 Å². The molecule has 2 saturated heterocycles. The van der Waals surface area contributed by atoms with E-state index in [0.29, 0.717) is 35.5 Å². The van der Waals surface area contributed by atoms with E-state index in [4.69, 9.17) is 18.9 Å². The third-order valence-corrected chi connectivity index (χ3v) is 13.8. The lowest BCUT2D eigenvalue weighted by molar-refractivity contribution is -0.277. The van der Waals surface area contributed by atoms with Crippen molar-refractivity contribution in [1.82, 2.24) is 0 Å². The Bertz CT molecular complexity index is 2070. The zero-order valence-electron chi connectivity index (χ0n) is 36.8. The number of aliphatic hydroxyl groups excluding tert-OH is 8. The standard InChI is InChI=1S/C49H60O16S2/c50-26-38-42(56)44(58)46(60)48(64-38)62-36-20-28(18-34(24-36)32-10-1-6-30(16-32)22-40(52)53)8-3-12-66-14-5-15-67-13-4-9-29-19-35(33-11-2-7-31(17-33)23-41(54)55)25-37(21-29)63-49-47(61)45(59)43(57)39(27-51)65-49/h1-2,6-7,10-11,16-21,24-25,38-39,42-51,56-61H,3-5,8-9,12-15,22-23,26-27H2,(H,52,53)(H,54,55)/t38-,39+,42-,43+,44+,45-,46+,47-,48+,49-. The van der Waals surface area contributed by atoms with Crippen molar-refractivity contribution < 1.29 is 79.6 Å². The van der Waals surface area contributed by atoms with Crippen LogP contribution in [0.2, 0.25) is 0 Å². The first-order valence-electron chi connectivity index (χ1n) is 22.2. The van der Waals surface area contributed by atoms with Crippen LogP contribution in [0.5, 0.6) is 11.5 Å². The van der Waals surface area contributed by atoms with Gasteiger partial charge in [0, 0.05) is 0 Å². The van der Waals surface area contributed by atoms with Gasteiger partial charge >= 0.3 is 11.9 Å². The Hall–Kier alpha value is -4.28. The highest BCUT2D eigenvalue weighted by molar-refractivity contribution is 8.00. The molecule has 18 heteroatoms. The Kier molecular flexibility index (Phi) is 19.7. The number of carbonyl (C=O) groups is 2. The van der Waals surface area contributed by atoms with Crippen molar-refractivity contribution >= 4 is 35.5 Å². The molecule has 16 nitrogen and oxygen atoms in total. The normalized spacial score (nSPS) is 25.1. The number of aliphatic hydroxyl groups is 8. The molecule has 0 aliphatic carbocycles. The third kappa shape index (κ3) is 14.9. The summed E-state index contributed by atoms with van der Waals surface area (Å²) in [6.07, 6.45) is -10.6. The molecule has 2 aliphatic heterocycles. The highest BCUT2D eigenvalue weighted by Gasteiger charge is 2.46. The van der Waals surface area contributed by atoms with Crippen LogP contribution < -0.4 is 9.47 Å². The van der Waals surface area contributed by atoms with Crippen LogP contribution in [0.15, 0.2) is 84.9 Å². The third-order valence-electron chi connectivity index (χ3n) is 11.5. The van der Waals surface area contributed by atoms with Gasteiger partial charge in [0.25, 0.3) is 0 Å². The molecule has 10 atom stereocenters. The molecule has 0 spiro atoms. The average molecular weight is 969 g/mol. The number of carboxylic acids is 2. The molecule has 0 radical (unpaired) electrons. The van der Waals surface area contributed by atoms with Gasteiger partial charge in [0.2, 0.25) is 12.6 Å². The van der Waals surface area contributed by atoms with Crippen LogP contribution >= 0.6 is 23.5 Å². The lowest BCUT2D eigenvalue weighted by Crippen LogP contribution is -2.60. The second-order valence-corrected chi connectivity index (χ2v) is 19.1. The summed E-state index contributed by atoms with van der Waals surface area (Å²) in [5, 5.41) is 100. The fourth-order valence-corrected chi connectivity index (χ4v) is 9.96. The van der Waals surface area contributed by atoms with Crippen LogP contribution in [-0.2, 0) is 44.7 Å². The number of aryl methyl sites for hydroxylation is 2. The van der Waals surface area contributed by atoms with Crippen LogP contribution in [0.1, 0.15) is 41.5 Å². The van der Waals surface area contributed by atoms with Crippen molar-refractivity contribution in [2.45, 2.75) is 106 Å². The first-order chi connectivity index (χ1) is 32.2. The summed E-state index contributed by atoms with van der Waals surface area (Å²) in [7, 11) is 0. The second-order valence-electron chi connectivity index (χ2n) is 16.7. The summed E-state index contributed by atoms with van der Waals surface area (Å²) in [4.78, 5) is 22.8. The van der Waals surface area contributed by atoms with Gasteiger partial charge in [0.15, 0.2) is 0 Å². The molecule has 0 amide bonds. The summed E-state index contributed by atoms with van der Waals surface area (Å²) < 4.78 is 23.2. The number of benzene rings is 4. The molecule has 4 aromatic rings. The zero-order chi connectivity index (χ0) is 48.0. The van der Waals surface area contributed by atoms with Crippen LogP contribution in [0.4, 0.5) is 0 Å². The van der Waals surface area contributed by atoms with Crippen molar-refractivity contribution in [3.05, 3.63) is 107 Å². The van der Waals surface area contributed by atoms with E-state index in [1.807, 2.05) is 59.9 Å². The predicted molar refractivity (Wildman–Crippen MR) is 251 cm³/mol. The molecular formula is C49H60O16S2. The lowest BCUT2D eigenvalue weighted by atomic mass is 9.98. The van der Waals surface area contributed by atoms with Gasteiger partial charge in [0.05, 0.1) is 26.1 Å². The van der Waals surface area contributed by atoms with Gasteiger partial charge in [-0.25, -0.2) is 0 Å². The van der Waals surface area contributed by atoms with Crippen LogP contribution in [-0.4, -0.2) is 161 Å². The molecule has 2 fully saturated rings. The number of rotatable bonds is 24. The minimum Gasteiger partial charge on any atom is -0.481 e. The number of aliphatic carboxylic acids is 2. The van der Waals surface area contributed by atoms with Crippen molar-refractivity contribution in [2.24, 2.45) is 0 Å². The minimum atomic E-state index is -1.60. The lowest BCUT2D eigenvalue weighted by Gasteiger charge is -2.39. The Balaban J connectivity index is 0.996. The fourth-order valence-electron chi connectivity index (χ4n) is 7.97. The van der Waals surface area contributed by atoms with Crippen molar-refractivity contribution in [2.75, 3.05) is 36.2 Å². The summed E-state index contributed by atoms with van der Waals surface area (Å²) >= 11 is 3.70. The van der Waals surface area contributed by atoms with E-state index in [-0.39, 0.29) is 12.8 Å². The Morgan fingerprint density at radius 3 is 1.25 bits per heavy atom. The molecule has 67 heavy (non-hydrogen) atoms. The smallest absolute Gasteiger partial charge is 0.307 e. The molecule has 4 aromatic carbocycles. The molecule has 0 unspecified atom stereocenters. The zero-order valence-corrected chi connectivity index (χ0v) is 38.4. The monoisotopic (exact) mass is 968 g/mol. The molecule has 364 valence electrons. The van der Waals surface area contributed by atoms with Gasteiger partial charge in [-0.1, -0.05) is 60.7 Å². The summed E-state index contributed by atoms with van der Waals surface area (Å²) in [6.45, 7) is -1.18. The molecule has 2 aliphatic rings. The molecule has 0 bridgehead atoms. The molecular weight excluding hydrogens is 909 g/mol. The average Bonchev–Trinajstić information content (AvgIpc) is 3.30. The Labute approximate surface area is 397 Å². The minimum absolute atomic E-state index is 0.141. The van der Waals surface area contributed by atoms with Gasteiger partial charge in [-0.3, -0.25) is 9.59 Å². The van der Waals surface area contributed by atoms with Crippen LogP contribution in [0, 0.1) is 0 Å². The maximum Gasteiger partial charge on any atom is 0.307 e. The highest BCUT2D eigenvalue weighted by Crippen LogP contribution is 2.33. The first-order valence-corrected chi connectivity index (χ1v) is 24.5. The van der Waals surface area contributed by atoms with Crippen molar-refractivity contribution in [1.29, 1.82) is 0 Å². The van der Waals surface area contributed by atoms with Gasteiger partial charge in [-0.15, -0.1) is 0 Å².